The normalized spacial score (nSPS) is 12.9. The zero-order valence-electron chi connectivity index (χ0n) is 12.4. The number of carbonyl (C=O) groups is 2. The summed E-state index contributed by atoms with van der Waals surface area (Å²) in [6.07, 6.45) is 0.871. The van der Waals surface area contributed by atoms with Gasteiger partial charge in [0, 0.05) is 7.11 Å². The Labute approximate surface area is 115 Å². The Morgan fingerprint density at radius 1 is 1.16 bits per heavy atom. The second-order valence-corrected chi connectivity index (χ2v) is 9.31. The summed E-state index contributed by atoms with van der Waals surface area (Å²) in [7, 11) is 2.75. The molecule has 0 fully saturated rings. The van der Waals surface area contributed by atoms with Crippen molar-refractivity contribution in [3.63, 3.8) is 0 Å². The molecular weight excluding hydrogens is 266 g/mol. The summed E-state index contributed by atoms with van der Waals surface area (Å²) in [5.74, 6) is -0.886. The first kappa shape index (κ1) is 18.1. The van der Waals surface area contributed by atoms with Gasteiger partial charge in [-0.1, -0.05) is 0 Å². The summed E-state index contributed by atoms with van der Waals surface area (Å²) < 4.78 is 14.6. The fraction of sp³-hybridized carbons (Fsp3) is 0.833. The zero-order valence-corrected chi connectivity index (χ0v) is 13.4. The van der Waals surface area contributed by atoms with Crippen molar-refractivity contribution >= 4 is 20.3 Å². The van der Waals surface area contributed by atoms with E-state index >= 15 is 0 Å². The third-order valence-electron chi connectivity index (χ3n) is 2.98. The Balaban J connectivity index is 4.13. The molecule has 0 aromatic rings. The fourth-order valence-electron chi connectivity index (χ4n) is 1.52. The molecule has 1 N–H and O–H groups in total. The lowest BCUT2D eigenvalue weighted by Gasteiger charge is -2.20. The monoisotopic (exact) mass is 291 g/mol. The van der Waals surface area contributed by atoms with Crippen LogP contribution in [0.5, 0.6) is 0 Å². The van der Waals surface area contributed by atoms with Crippen molar-refractivity contribution in [3.05, 3.63) is 0 Å². The molecule has 0 saturated heterocycles. The maximum absolute atomic E-state index is 11.5. The average molecular weight is 291 g/mol. The van der Waals surface area contributed by atoms with Crippen LogP contribution in [0.1, 0.15) is 12.8 Å². The van der Waals surface area contributed by atoms with E-state index in [0.29, 0.717) is 6.54 Å². The van der Waals surface area contributed by atoms with E-state index in [-0.39, 0.29) is 6.42 Å². The molecule has 0 aliphatic carbocycles. The Morgan fingerprint density at radius 3 is 2.26 bits per heavy atom. The second-order valence-electron chi connectivity index (χ2n) is 4.88. The van der Waals surface area contributed by atoms with E-state index < -0.39 is 26.3 Å². The van der Waals surface area contributed by atoms with E-state index in [1.54, 1.807) is 7.11 Å². The van der Waals surface area contributed by atoms with E-state index in [1.807, 2.05) is 0 Å². The van der Waals surface area contributed by atoms with E-state index in [0.717, 1.165) is 12.5 Å². The van der Waals surface area contributed by atoms with Gasteiger partial charge < -0.3 is 19.2 Å². The Kier molecular flexibility index (Phi) is 8.62. The van der Waals surface area contributed by atoms with Crippen LogP contribution in [0.25, 0.3) is 0 Å². The number of esters is 2. The van der Waals surface area contributed by atoms with E-state index in [2.05, 4.69) is 27.9 Å². The molecule has 0 radical (unpaired) electrons. The van der Waals surface area contributed by atoms with Gasteiger partial charge in [0.05, 0.1) is 20.6 Å². The summed E-state index contributed by atoms with van der Waals surface area (Å²) in [6.45, 7) is 4.91. The lowest BCUT2D eigenvalue weighted by molar-refractivity contribution is -0.149. The van der Waals surface area contributed by atoms with Crippen LogP contribution >= 0.6 is 0 Å². The minimum atomic E-state index is -1.57. The van der Waals surface area contributed by atoms with Crippen molar-refractivity contribution in [1.29, 1.82) is 0 Å². The molecule has 0 rings (SSSR count). The molecule has 1 unspecified atom stereocenters. The molecule has 6 nitrogen and oxygen atoms in total. The highest BCUT2D eigenvalue weighted by atomic mass is 28.4. The van der Waals surface area contributed by atoms with Gasteiger partial charge >= 0.3 is 11.9 Å². The first-order chi connectivity index (χ1) is 8.86. The third kappa shape index (κ3) is 7.96. The van der Waals surface area contributed by atoms with Crippen molar-refractivity contribution in [2.24, 2.45) is 0 Å². The lowest BCUT2D eigenvalue weighted by atomic mass is 10.2. The topological polar surface area (TPSA) is 73.9 Å². The second kappa shape index (κ2) is 9.06. The largest absolute Gasteiger partial charge is 0.469 e. The maximum atomic E-state index is 11.5. The molecule has 0 amide bonds. The van der Waals surface area contributed by atoms with E-state index in [4.69, 9.17) is 4.43 Å². The molecule has 0 aliphatic heterocycles. The molecule has 0 aliphatic rings. The van der Waals surface area contributed by atoms with E-state index in [1.165, 1.54) is 14.2 Å². The summed E-state index contributed by atoms with van der Waals surface area (Å²) in [5.41, 5.74) is 0. The summed E-state index contributed by atoms with van der Waals surface area (Å²) in [5, 5.41) is 3.02. The van der Waals surface area contributed by atoms with Gasteiger partial charge in [-0.25, -0.2) is 0 Å². The molecule has 0 heterocycles. The number of nitrogens with one attached hydrogen (secondary N) is 1. The van der Waals surface area contributed by atoms with Crippen LogP contribution < -0.4 is 5.32 Å². The predicted octanol–water partition coefficient (Wildman–Crippen LogP) is 0.922. The van der Waals surface area contributed by atoms with Gasteiger partial charge in [-0.3, -0.25) is 9.59 Å². The molecule has 0 saturated carbocycles. The molecular formula is C12H25NO5Si. The van der Waals surface area contributed by atoms with Crippen molar-refractivity contribution < 1.29 is 23.5 Å². The number of ether oxygens (including phenoxy) is 2. The van der Waals surface area contributed by atoms with Gasteiger partial charge in [0.25, 0.3) is 0 Å². The molecule has 112 valence electrons. The standard InChI is InChI=1S/C12H25NO5Si/c1-16-11(14)9-10(12(15)17-2)13-7-6-8-19(4,5)18-3/h10,13H,6-9H2,1-5H3. The summed E-state index contributed by atoms with van der Waals surface area (Å²) in [4.78, 5) is 22.7. The fourth-order valence-corrected chi connectivity index (χ4v) is 2.76. The van der Waals surface area contributed by atoms with Gasteiger partial charge in [0.15, 0.2) is 8.32 Å². The minimum Gasteiger partial charge on any atom is -0.469 e. The number of carbonyl (C=O) groups excluding carboxylic acids is 2. The summed E-state index contributed by atoms with van der Waals surface area (Å²) >= 11 is 0. The van der Waals surface area contributed by atoms with Crippen molar-refractivity contribution in [2.45, 2.75) is 38.0 Å². The summed E-state index contributed by atoms with van der Waals surface area (Å²) in [6, 6.07) is 0.340. The Hall–Kier alpha value is -0.923. The van der Waals surface area contributed by atoms with Crippen LogP contribution in [0.2, 0.25) is 19.1 Å². The highest BCUT2D eigenvalue weighted by molar-refractivity contribution is 6.71. The predicted molar refractivity (Wildman–Crippen MR) is 74.4 cm³/mol. The van der Waals surface area contributed by atoms with Gasteiger partial charge in [-0.2, -0.15) is 0 Å². The number of hydrogen-bond acceptors (Lipinski definition) is 6. The van der Waals surface area contributed by atoms with Gasteiger partial charge in [0.1, 0.15) is 6.04 Å². The number of methoxy groups -OCH3 is 2. The first-order valence-corrected chi connectivity index (χ1v) is 9.41. The SMILES string of the molecule is COC(=O)CC(NCCC[Si](C)(C)OC)C(=O)OC. The van der Waals surface area contributed by atoms with Gasteiger partial charge in [-0.05, 0) is 32.1 Å². The van der Waals surface area contributed by atoms with E-state index in [9.17, 15) is 9.59 Å². The first-order valence-electron chi connectivity index (χ1n) is 6.29. The number of rotatable bonds is 9. The van der Waals surface area contributed by atoms with Gasteiger partial charge in [0.2, 0.25) is 0 Å². The van der Waals surface area contributed by atoms with Crippen molar-refractivity contribution in [2.75, 3.05) is 27.9 Å². The molecule has 0 aromatic heterocycles. The smallest absolute Gasteiger partial charge is 0.323 e. The van der Waals surface area contributed by atoms with Gasteiger partial charge in [-0.15, -0.1) is 0 Å². The van der Waals surface area contributed by atoms with Crippen LogP contribution in [0.15, 0.2) is 0 Å². The Bertz CT molecular complexity index is 296. The lowest BCUT2D eigenvalue weighted by Crippen LogP contribution is -2.40. The van der Waals surface area contributed by atoms with Crippen LogP contribution in [0, 0.1) is 0 Å². The maximum Gasteiger partial charge on any atom is 0.323 e. The van der Waals surface area contributed by atoms with Crippen molar-refractivity contribution in [1.82, 2.24) is 5.32 Å². The molecule has 0 bridgehead atoms. The molecule has 1 atom stereocenters. The molecule has 19 heavy (non-hydrogen) atoms. The zero-order chi connectivity index (χ0) is 14.9. The van der Waals surface area contributed by atoms with Crippen LogP contribution in [0.3, 0.4) is 0 Å². The highest BCUT2D eigenvalue weighted by Gasteiger charge is 2.23. The quantitative estimate of drug-likeness (QED) is 0.387. The van der Waals surface area contributed by atoms with Crippen LogP contribution in [-0.2, 0) is 23.5 Å². The molecule has 7 heteroatoms. The molecule has 0 spiro atoms. The molecule has 0 aromatic carbocycles. The number of hydrogen-bond donors (Lipinski definition) is 1. The van der Waals surface area contributed by atoms with Crippen molar-refractivity contribution in [3.8, 4) is 0 Å². The minimum absolute atomic E-state index is 0.0196. The Morgan fingerprint density at radius 2 is 1.79 bits per heavy atom. The average Bonchev–Trinajstić information content (AvgIpc) is 2.40. The third-order valence-corrected chi connectivity index (χ3v) is 5.65. The van der Waals surface area contributed by atoms with Crippen LogP contribution in [0.4, 0.5) is 0 Å². The van der Waals surface area contributed by atoms with Crippen LogP contribution in [-0.4, -0.2) is 54.2 Å². The highest BCUT2D eigenvalue weighted by Crippen LogP contribution is 2.11.